The van der Waals surface area contributed by atoms with Crippen LogP contribution in [0.3, 0.4) is 0 Å². The van der Waals surface area contributed by atoms with Crippen molar-refractivity contribution in [2.45, 2.75) is 19.4 Å². The maximum absolute atomic E-state index is 12.0. The number of carbonyl (C=O) groups is 1. The Labute approximate surface area is 115 Å². The number of aromatic nitrogens is 2. The van der Waals surface area contributed by atoms with Crippen LogP contribution < -0.4 is 5.32 Å². The predicted octanol–water partition coefficient (Wildman–Crippen LogP) is 1.18. The summed E-state index contributed by atoms with van der Waals surface area (Å²) in [7, 11) is 0. The van der Waals surface area contributed by atoms with Crippen molar-refractivity contribution in [1.29, 1.82) is 0 Å². The van der Waals surface area contributed by atoms with Crippen LogP contribution in [0, 0.1) is 6.92 Å². The molecule has 1 atom stereocenters. The standard InChI is InChI=1S/C13H15N3O2S/c1-9-12(19-16-15-9)13(18)14-11(8-17)7-10-5-3-2-4-6-10/h2-6,11,17H,7-8H2,1H3,(H,14,18)/t11-/m0/s1. The summed E-state index contributed by atoms with van der Waals surface area (Å²) in [6.07, 6.45) is 0.592. The van der Waals surface area contributed by atoms with Gasteiger partial charge in [-0.05, 0) is 30.4 Å². The number of nitrogens with zero attached hydrogens (tertiary/aromatic N) is 2. The molecule has 0 saturated carbocycles. The van der Waals surface area contributed by atoms with Gasteiger partial charge in [-0.25, -0.2) is 0 Å². The summed E-state index contributed by atoms with van der Waals surface area (Å²) in [6, 6.07) is 9.42. The van der Waals surface area contributed by atoms with Crippen LogP contribution in [0.1, 0.15) is 20.9 Å². The molecule has 0 aliphatic heterocycles. The lowest BCUT2D eigenvalue weighted by atomic mass is 10.1. The SMILES string of the molecule is Cc1nnsc1C(=O)N[C@H](CO)Cc1ccccc1. The number of aryl methyl sites for hydroxylation is 1. The maximum atomic E-state index is 12.0. The van der Waals surface area contributed by atoms with Crippen molar-refractivity contribution in [3.63, 3.8) is 0 Å². The molecule has 0 radical (unpaired) electrons. The monoisotopic (exact) mass is 277 g/mol. The van der Waals surface area contributed by atoms with Gasteiger partial charge in [-0.3, -0.25) is 4.79 Å². The molecule has 2 N–H and O–H groups in total. The summed E-state index contributed by atoms with van der Waals surface area (Å²) in [4.78, 5) is 12.5. The largest absolute Gasteiger partial charge is 0.394 e. The normalized spacial score (nSPS) is 12.1. The van der Waals surface area contributed by atoms with E-state index in [2.05, 4.69) is 14.9 Å². The summed E-state index contributed by atoms with van der Waals surface area (Å²) in [5.41, 5.74) is 1.68. The quantitative estimate of drug-likeness (QED) is 0.860. The van der Waals surface area contributed by atoms with Crippen LogP contribution in [0.15, 0.2) is 30.3 Å². The van der Waals surface area contributed by atoms with E-state index >= 15 is 0 Å². The van der Waals surface area contributed by atoms with E-state index in [-0.39, 0.29) is 18.6 Å². The fourth-order valence-corrected chi connectivity index (χ4v) is 2.31. The van der Waals surface area contributed by atoms with E-state index < -0.39 is 0 Å². The fraction of sp³-hybridized carbons (Fsp3) is 0.308. The lowest BCUT2D eigenvalue weighted by Crippen LogP contribution is -2.39. The molecule has 19 heavy (non-hydrogen) atoms. The molecular formula is C13H15N3O2S. The van der Waals surface area contributed by atoms with Gasteiger partial charge in [-0.15, -0.1) is 5.10 Å². The Hall–Kier alpha value is -1.79. The smallest absolute Gasteiger partial charge is 0.265 e. The van der Waals surface area contributed by atoms with Crippen LogP contribution in [-0.2, 0) is 6.42 Å². The minimum Gasteiger partial charge on any atom is -0.394 e. The zero-order valence-electron chi connectivity index (χ0n) is 10.5. The Morgan fingerprint density at radius 2 is 2.16 bits per heavy atom. The van der Waals surface area contributed by atoms with Crippen molar-refractivity contribution < 1.29 is 9.90 Å². The van der Waals surface area contributed by atoms with E-state index in [0.717, 1.165) is 17.1 Å². The van der Waals surface area contributed by atoms with Crippen LogP contribution in [0.2, 0.25) is 0 Å². The first-order valence-corrected chi connectivity index (χ1v) is 6.72. The Bertz CT molecular complexity index is 542. The lowest BCUT2D eigenvalue weighted by molar-refractivity contribution is 0.0920. The molecule has 1 aromatic carbocycles. The number of carbonyl (C=O) groups excluding carboxylic acids is 1. The van der Waals surface area contributed by atoms with Crippen molar-refractivity contribution in [1.82, 2.24) is 14.9 Å². The van der Waals surface area contributed by atoms with Gasteiger partial charge in [-0.2, -0.15) is 0 Å². The van der Waals surface area contributed by atoms with Crippen LogP contribution in [0.25, 0.3) is 0 Å². The average Bonchev–Trinajstić information content (AvgIpc) is 2.85. The predicted molar refractivity (Wildman–Crippen MR) is 73.1 cm³/mol. The fourth-order valence-electron chi connectivity index (χ4n) is 1.75. The van der Waals surface area contributed by atoms with Gasteiger partial charge in [0.15, 0.2) is 0 Å². The molecule has 1 aromatic heterocycles. The second kappa shape index (κ2) is 6.40. The molecule has 1 amide bonds. The lowest BCUT2D eigenvalue weighted by Gasteiger charge is -2.15. The summed E-state index contributed by atoms with van der Waals surface area (Å²) in [5.74, 6) is -0.234. The van der Waals surface area contributed by atoms with Crippen molar-refractivity contribution in [3.8, 4) is 0 Å². The number of aliphatic hydroxyl groups is 1. The zero-order valence-corrected chi connectivity index (χ0v) is 11.4. The molecule has 2 rings (SSSR count). The highest BCUT2D eigenvalue weighted by Gasteiger charge is 2.17. The van der Waals surface area contributed by atoms with E-state index in [1.165, 1.54) is 0 Å². The molecule has 0 aliphatic carbocycles. The summed E-state index contributed by atoms with van der Waals surface area (Å²) in [5, 5.41) is 16.0. The minimum atomic E-state index is -0.309. The van der Waals surface area contributed by atoms with Crippen LogP contribution in [-0.4, -0.2) is 33.2 Å². The Morgan fingerprint density at radius 3 is 2.74 bits per heavy atom. The summed E-state index contributed by atoms with van der Waals surface area (Å²) >= 11 is 1.06. The van der Waals surface area contributed by atoms with Crippen molar-refractivity contribution in [3.05, 3.63) is 46.5 Å². The molecule has 0 bridgehead atoms. The number of benzene rings is 1. The van der Waals surface area contributed by atoms with Crippen molar-refractivity contribution in [2.24, 2.45) is 0 Å². The number of amides is 1. The summed E-state index contributed by atoms with van der Waals surface area (Å²) in [6.45, 7) is 1.63. The zero-order chi connectivity index (χ0) is 13.7. The molecule has 100 valence electrons. The van der Waals surface area contributed by atoms with E-state index in [1.54, 1.807) is 6.92 Å². The van der Waals surface area contributed by atoms with E-state index in [4.69, 9.17) is 0 Å². The molecule has 1 heterocycles. The van der Waals surface area contributed by atoms with E-state index in [9.17, 15) is 9.90 Å². The maximum Gasteiger partial charge on any atom is 0.265 e. The van der Waals surface area contributed by atoms with Crippen LogP contribution in [0.5, 0.6) is 0 Å². The van der Waals surface area contributed by atoms with Crippen LogP contribution in [0.4, 0.5) is 0 Å². The minimum absolute atomic E-state index is 0.105. The second-order valence-electron chi connectivity index (χ2n) is 4.23. The second-order valence-corrected chi connectivity index (χ2v) is 4.98. The highest BCUT2D eigenvalue weighted by atomic mass is 32.1. The average molecular weight is 277 g/mol. The molecule has 0 spiro atoms. The van der Waals surface area contributed by atoms with E-state index in [1.807, 2.05) is 30.3 Å². The molecule has 2 aromatic rings. The van der Waals surface area contributed by atoms with Crippen molar-refractivity contribution in [2.75, 3.05) is 6.61 Å². The Balaban J connectivity index is 2.00. The first kappa shape index (κ1) is 13.6. The third-order valence-electron chi connectivity index (χ3n) is 2.74. The number of hydrogen-bond acceptors (Lipinski definition) is 5. The van der Waals surface area contributed by atoms with Gasteiger partial charge in [0.1, 0.15) is 4.88 Å². The highest BCUT2D eigenvalue weighted by Crippen LogP contribution is 2.10. The van der Waals surface area contributed by atoms with Gasteiger partial charge in [0.2, 0.25) is 0 Å². The first-order valence-electron chi connectivity index (χ1n) is 5.95. The molecule has 0 saturated heterocycles. The molecule has 0 aliphatic rings. The molecule has 5 nitrogen and oxygen atoms in total. The van der Waals surface area contributed by atoms with E-state index in [0.29, 0.717) is 17.0 Å². The number of rotatable bonds is 5. The van der Waals surface area contributed by atoms with Gasteiger partial charge in [-0.1, -0.05) is 34.8 Å². The number of aliphatic hydroxyl groups excluding tert-OH is 1. The highest BCUT2D eigenvalue weighted by molar-refractivity contribution is 7.08. The van der Waals surface area contributed by atoms with Crippen LogP contribution >= 0.6 is 11.5 Å². The Kier molecular flexibility index (Phi) is 4.59. The third-order valence-corrected chi connectivity index (χ3v) is 3.56. The van der Waals surface area contributed by atoms with Gasteiger partial charge >= 0.3 is 0 Å². The third kappa shape index (κ3) is 3.59. The number of hydrogen-bond donors (Lipinski definition) is 2. The summed E-state index contributed by atoms with van der Waals surface area (Å²) < 4.78 is 3.73. The van der Waals surface area contributed by atoms with Gasteiger partial charge < -0.3 is 10.4 Å². The van der Waals surface area contributed by atoms with Gasteiger partial charge in [0, 0.05) is 0 Å². The molecular weight excluding hydrogens is 262 g/mol. The Morgan fingerprint density at radius 1 is 1.42 bits per heavy atom. The van der Waals surface area contributed by atoms with Crippen molar-refractivity contribution >= 4 is 17.4 Å². The van der Waals surface area contributed by atoms with Gasteiger partial charge in [0.05, 0.1) is 18.3 Å². The van der Waals surface area contributed by atoms with Gasteiger partial charge in [0.25, 0.3) is 5.91 Å². The topological polar surface area (TPSA) is 75.1 Å². The molecule has 0 unspecified atom stereocenters. The first-order chi connectivity index (χ1) is 9.20. The molecule has 6 heteroatoms. The molecule has 0 fully saturated rings. The number of nitrogens with one attached hydrogen (secondary N) is 1.